The molecule has 0 aliphatic heterocycles. The number of hydrogen-bond acceptors (Lipinski definition) is 2. The molecule has 0 saturated carbocycles. The minimum Gasteiger partial charge on any atom is -0.426 e. The van der Waals surface area contributed by atoms with E-state index in [1.165, 1.54) is 0 Å². The SMILES string of the molecule is Cc1cc(Cl)ccc1OC(=O)CCC(C)C. The number of rotatable bonds is 4. The van der Waals surface area contributed by atoms with Gasteiger partial charge < -0.3 is 4.74 Å². The van der Waals surface area contributed by atoms with E-state index in [1.807, 2.05) is 6.92 Å². The van der Waals surface area contributed by atoms with E-state index in [1.54, 1.807) is 18.2 Å². The van der Waals surface area contributed by atoms with Gasteiger partial charge >= 0.3 is 5.97 Å². The summed E-state index contributed by atoms with van der Waals surface area (Å²) in [5.74, 6) is 0.927. The van der Waals surface area contributed by atoms with Crippen molar-refractivity contribution in [3.8, 4) is 5.75 Å². The van der Waals surface area contributed by atoms with Gasteiger partial charge in [-0.15, -0.1) is 0 Å². The number of benzene rings is 1. The maximum Gasteiger partial charge on any atom is 0.311 e. The van der Waals surface area contributed by atoms with Gasteiger partial charge in [0.25, 0.3) is 0 Å². The molecule has 0 amide bonds. The molecule has 0 atom stereocenters. The summed E-state index contributed by atoms with van der Waals surface area (Å²) in [5, 5.41) is 0.652. The van der Waals surface area contributed by atoms with Gasteiger partial charge in [0.1, 0.15) is 5.75 Å². The van der Waals surface area contributed by atoms with Crippen LogP contribution in [0, 0.1) is 12.8 Å². The maximum atomic E-state index is 11.5. The molecule has 0 N–H and O–H groups in total. The minimum atomic E-state index is -0.181. The summed E-state index contributed by atoms with van der Waals surface area (Å²) in [4.78, 5) is 11.5. The monoisotopic (exact) mass is 240 g/mol. The molecule has 0 heterocycles. The third kappa shape index (κ3) is 4.23. The smallest absolute Gasteiger partial charge is 0.311 e. The molecule has 0 saturated heterocycles. The Kier molecular flexibility index (Phi) is 4.81. The average molecular weight is 241 g/mol. The molecule has 0 aromatic heterocycles. The average Bonchev–Trinajstić information content (AvgIpc) is 2.19. The summed E-state index contributed by atoms with van der Waals surface area (Å²) in [6, 6.07) is 5.23. The molecule has 2 nitrogen and oxygen atoms in total. The zero-order valence-corrected chi connectivity index (χ0v) is 10.7. The van der Waals surface area contributed by atoms with Gasteiger partial charge in [-0.3, -0.25) is 4.79 Å². The predicted molar refractivity (Wildman–Crippen MR) is 65.9 cm³/mol. The van der Waals surface area contributed by atoms with Gasteiger partial charge in [0.2, 0.25) is 0 Å². The second kappa shape index (κ2) is 5.90. The van der Waals surface area contributed by atoms with E-state index in [0.717, 1.165) is 12.0 Å². The summed E-state index contributed by atoms with van der Waals surface area (Å²) in [6.07, 6.45) is 1.31. The Labute approximate surface area is 102 Å². The molecule has 0 spiro atoms. The second-order valence-electron chi connectivity index (χ2n) is 4.32. The Balaban J connectivity index is 2.56. The standard InChI is InChI=1S/C13H17ClO2/c1-9(2)4-7-13(15)16-12-6-5-11(14)8-10(12)3/h5-6,8-9H,4,7H2,1-3H3. The summed E-state index contributed by atoms with van der Waals surface area (Å²) in [6.45, 7) is 6.04. The lowest BCUT2D eigenvalue weighted by Gasteiger charge is -2.08. The van der Waals surface area contributed by atoms with E-state index in [4.69, 9.17) is 16.3 Å². The highest BCUT2D eigenvalue weighted by Gasteiger charge is 2.08. The van der Waals surface area contributed by atoms with Crippen LogP contribution in [0.2, 0.25) is 5.02 Å². The van der Waals surface area contributed by atoms with Crippen LogP contribution >= 0.6 is 11.6 Å². The van der Waals surface area contributed by atoms with Crippen molar-refractivity contribution in [3.05, 3.63) is 28.8 Å². The summed E-state index contributed by atoms with van der Waals surface area (Å²) in [7, 11) is 0. The van der Waals surface area contributed by atoms with Gasteiger partial charge in [0.15, 0.2) is 0 Å². The highest BCUT2D eigenvalue weighted by Crippen LogP contribution is 2.22. The lowest BCUT2D eigenvalue weighted by Crippen LogP contribution is -2.09. The van der Waals surface area contributed by atoms with Crippen LogP contribution in [0.25, 0.3) is 0 Å². The topological polar surface area (TPSA) is 26.3 Å². The van der Waals surface area contributed by atoms with E-state index in [2.05, 4.69) is 13.8 Å². The molecule has 1 aromatic rings. The highest BCUT2D eigenvalue weighted by atomic mass is 35.5. The van der Waals surface area contributed by atoms with Crippen molar-refractivity contribution in [2.75, 3.05) is 0 Å². The molecule has 0 unspecified atom stereocenters. The Morgan fingerprint density at radius 3 is 2.69 bits per heavy atom. The summed E-state index contributed by atoms with van der Waals surface area (Å²) >= 11 is 5.82. The van der Waals surface area contributed by atoms with E-state index in [0.29, 0.717) is 23.1 Å². The summed E-state index contributed by atoms with van der Waals surface area (Å²) in [5.41, 5.74) is 0.880. The molecule has 0 fully saturated rings. The molecule has 0 bridgehead atoms. The van der Waals surface area contributed by atoms with E-state index in [9.17, 15) is 4.79 Å². The van der Waals surface area contributed by atoms with Crippen LogP contribution in [-0.2, 0) is 4.79 Å². The van der Waals surface area contributed by atoms with E-state index >= 15 is 0 Å². The maximum absolute atomic E-state index is 11.5. The van der Waals surface area contributed by atoms with Crippen molar-refractivity contribution in [1.82, 2.24) is 0 Å². The quantitative estimate of drug-likeness (QED) is 0.588. The predicted octanol–water partition coefficient (Wildman–Crippen LogP) is 3.99. The van der Waals surface area contributed by atoms with Crippen molar-refractivity contribution in [2.45, 2.75) is 33.6 Å². The molecule has 1 aromatic carbocycles. The van der Waals surface area contributed by atoms with Crippen molar-refractivity contribution < 1.29 is 9.53 Å². The molecule has 16 heavy (non-hydrogen) atoms. The van der Waals surface area contributed by atoms with E-state index < -0.39 is 0 Å². The van der Waals surface area contributed by atoms with Crippen LogP contribution in [-0.4, -0.2) is 5.97 Å². The fraction of sp³-hybridized carbons (Fsp3) is 0.462. The molecule has 1 rings (SSSR count). The van der Waals surface area contributed by atoms with Crippen molar-refractivity contribution in [3.63, 3.8) is 0 Å². The highest BCUT2D eigenvalue weighted by molar-refractivity contribution is 6.30. The van der Waals surface area contributed by atoms with Gasteiger partial charge in [-0.25, -0.2) is 0 Å². The number of hydrogen-bond donors (Lipinski definition) is 0. The van der Waals surface area contributed by atoms with Crippen molar-refractivity contribution in [1.29, 1.82) is 0 Å². The van der Waals surface area contributed by atoms with Gasteiger partial charge in [-0.1, -0.05) is 25.4 Å². The Bertz CT molecular complexity index is 372. The first-order valence-corrected chi connectivity index (χ1v) is 5.83. The zero-order valence-electron chi connectivity index (χ0n) is 9.92. The first-order chi connectivity index (χ1) is 7.49. The molecule has 0 radical (unpaired) electrons. The molecular formula is C13H17ClO2. The van der Waals surface area contributed by atoms with Crippen molar-refractivity contribution >= 4 is 17.6 Å². The van der Waals surface area contributed by atoms with Crippen LogP contribution in [0.1, 0.15) is 32.3 Å². The lowest BCUT2D eigenvalue weighted by molar-refractivity contribution is -0.134. The molecule has 0 aliphatic rings. The summed E-state index contributed by atoms with van der Waals surface area (Å²) < 4.78 is 5.25. The Morgan fingerprint density at radius 2 is 2.12 bits per heavy atom. The second-order valence-corrected chi connectivity index (χ2v) is 4.75. The van der Waals surface area contributed by atoms with Crippen LogP contribution < -0.4 is 4.74 Å². The first kappa shape index (κ1) is 13.0. The number of halogens is 1. The molecular weight excluding hydrogens is 224 g/mol. The zero-order chi connectivity index (χ0) is 12.1. The Hall–Kier alpha value is -1.02. The lowest BCUT2D eigenvalue weighted by atomic mass is 10.1. The first-order valence-electron chi connectivity index (χ1n) is 5.46. The largest absolute Gasteiger partial charge is 0.426 e. The number of ether oxygens (including phenoxy) is 1. The fourth-order valence-electron chi connectivity index (χ4n) is 1.31. The number of carbonyl (C=O) groups is 1. The number of carbonyl (C=O) groups excluding carboxylic acids is 1. The fourth-order valence-corrected chi connectivity index (χ4v) is 1.53. The van der Waals surface area contributed by atoms with Crippen LogP contribution in [0.15, 0.2) is 18.2 Å². The van der Waals surface area contributed by atoms with Gasteiger partial charge in [0, 0.05) is 11.4 Å². The third-order valence-electron chi connectivity index (χ3n) is 2.29. The Morgan fingerprint density at radius 1 is 1.44 bits per heavy atom. The molecule has 0 aliphatic carbocycles. The van der Waals surface area contributed by atoms with Gasteiger partial charge in [-0.2, -0.15) is 0 Å². The minimum absolute atomic E-state index is 0.181. The van der Waals surface area contributed by atoms with Gasteiger partial charge in [0.05, 0.1) is 0 Å². The van der Waals surface area contributed by atoms with Gasteiger partial charge in [-0.05, 0) is 43.0 Å². The number of aryl methyl sites for hydroxylation is 1. The third-order valence-corrected chi connectivity index (χ3v) is 2.52. The van der Waals surface area contributed by atoms with Crippen LogP contribution in [0.4, 0.5) is 0 Å². The van der Waals surface area contributed by atoms with Crippen LogP contribution in [0.5, 0.6) is 5.75 Å². The van der Waals surface area contributed by atoms with E-state index in [-0.39, 0.29) is 5.97 Å². The normalized spacial score (nSPS) is 10.6. The van der Waals surface area contributed by atoms with Crippen molar-refractivity contribution in [2.24, 2.45) is 5.92 Å². The molecule has 88 valence electrons. The number of esters is 1. The molecule has 3 heteroatoms. The van der Waals surface area contributed by atoms with Crippen LogP contribution in [0.3, 0.4) is 0 Å².